The zero-order chi connectivity index (χ0) is 10.6. The molecule has 0 saturated heterocycles. The van der Waals surface area contributed by atoms with Gasteiger partial charge in [0, 0.05) is 17.7 Å². The highest BCUT2D eigenvalue weighted by atomic mass is 16.5. The quantitative estimate of drug-likeness (QED) is 0.791. The maximum Gasteiger partial charge on any atom is 0.137 e. The summed E-state index contributed by atoms with van der Waals surface area (Å²) in [7, 11) is 3.61. The summed E-state index contributed by atoms with van der Waals surface area (Å²) in [4.78, 5) is 4.32. The molecule has 0 aliphatic heterocycles. The van der Waals surface area contributed by atoms with Gasteiger partial charge in [-0.05, 0) is 33.0 Å². The molecule has 0 aliphatic rings. The van der Waals surface area contributed by atoms with Crippen LogP contribution in [-0.4, -0.2) is 24.7 Å². The van der Waals surface area contributed by atoms with Crippen LogP contribution in [0.3, 0.4) is 0 Å². The molecule has 1 aromatic heterocycles. The molecule has 1 rings (SSSR count). The topological polar surface area (TPSA) is 34.1 Å². The summed E-state index contributed by atoms with van der Waals surface area (Å²) < 4.78 is 5.05. The Kier molecular flexibility index (Phi) is 3.47. The predicted molar refractivity (Wildman–Crippen MR) is 57.6 cm³/mol. The Bertz CT molecular complexity index is 280. The Morgan fingerprint density at radius 2 is 2.14 bits per heavy atom. The molecule has 0 aromatic carbocycles. The first-order valence-corrected chi connectivity index (χ1v) is 4.75. The second kappa shape index (κ2) is 4.42. The molecule has 3 heteroatoms. The van der Waals surface area contributed by atoms with Crippen LogP contribution >= 0.6 is 0 Å². The van der Waals surface area contributed by atoms with Crippen LogP contribution in [0, 0.1) is 0 Å². The van der Waals surface area contributed by atoms with Gasteiger partial charge in [0.05, 0.1) is 13.3 Å². The number of aromatic nitrogens is 1. The van der Waals surface area contributed by atoms with Gasteiger partial charge >= 0.3 is 0 Å². The highest BCUT2D eigenvalue weighted by Gasteiger charge is 2.15. The van der Waals surface area contributed by atoms with Crippen molar-refractivity contribution < 1.29 is 4.74 Å². The van der Waals surface area contributed by atoms with Crippen molar-refractivity contribution in [2.75, 3.05) is 14.2 Å². The van der Waals surface area contributed by atoms with E-state index in [1.54, 1.807) is 13.3 Å². The fourth-order valence-electron chi connectivity index (χ4n) is 1.18. The Balaban J connectivity index is 2.69. The van der Waals surface area contributed by atoms with E-state index >= 15 is 0 Å². The summed E-state index contributed by atoms with van der Waals surface area (Å²) in [6.45, 7) is 4.30. The summed E-state index contributed by atoms with van der Waals surface area (Å²) >= 11 is 0. The molecule has 0 aliphatic carbocycles. The van der Waals surface area contributed by atoms with Gasteiger partial charge in [-0.1, -0.05) is 0 Å². The van der Waals surface area contributed by atoms with Crippen LogP contribution < -0.4 is 10.1 Å². The Morgan fingerprint density at radius 1 is 1.43 bits per heavy atom. The van der Waals surface area contributed by atoms with Crippen molar-refractivity contribution in [2.45, 2.75) is 25.8 Å². The standard InChI is InChI=1S/C11H18N2O/c1-11(2,12-3)7-9-5-6-10(14-4)8-13-9/h5-6,8,12H,7H2,1-4H3. The third-order valence-electron chi connectivity index (χ3n) is 2.33. The molecule has 0 spiro atoms. The van der Waals surface area contributed by atoms with Crippen molar-refractivity contribution in [3.05, 3.63) is 24.0 Å². The third kappa shape index (κ3) is 3.00. The number of ether oxygens (including phenoxy) is 1. The van der Waals surface area contributed by atoms with Crippen molar-refractivity contribution in [2.24, 2.45) is 0 Å². The molecular weight excluding hydrogens is 176 g/mol. The number of rotatable bonds is 4. The van der Waals surface area contributed by atoms with Crippen LogP contribution in [0.4, 0.5) is 0 Å². The number of nitrogens with zero attached hydrogens (tertiary/aromatic N) is 1. The first kappa shape index (κ1) is 11.0. The summed E-state index contributed by atoms with van der Waals surface area (Å²) in [6.07, 6.45) is 2.66. The van der Waals surface area contributed by atoms with E-state index in [0.29, 0.717) is 0 Å². The summed E-state index contributed by atoms with van der Waals surface area (Å²) in [5.74, 6) is 0.802. The molecule has 0 radical (unpaired) electrons. The Labute approximate surface area is 85.5 Å². The largest absolute Gasteiger partial charge is 0.495 e. The zero-order valence-corrected chi connectivity index (χ0v) is 9.29. The van der Waals surface area contributed by atoms with Crippen LogP contribution in [0.5, 0.6) is 5.75 Å². The number of hydrogen-bond acceptors (Lipinski definition) is 3. The molecule has 1 aromatic rings. The summed E-state index contributed by atoms with van der Waals surface area (Å²) in [5, 5.41) is 3.25. The van der Waals surface area contributed by atoms with Gasteiger partial charge in [0.2, 0.25) is 0 Å². The lowest BCUT2D eigenvalue weighted by Crippen LogP contribution is -2.38. The van der Waals surface area contributed by atoms with Crippen LogP contribution in [0.25, 0.3) is 0 Å². The van der Waals surface area contributed by atoms with Crippen LogP contribution in [0.1, 0.15) is 19.5 Å². The number of hydrogen-bond donors (Lipinski definition) is 1. The molecule has 14 heavy (non-hydrogen) atoms. The van der Waals surface area contributed by atoms with E-state index in [2.05, 4.69) is 24.1 Å². The van der Waals surface area contributed by atoms with Gasteiger partial charge in [-0.2, -0.15) is 0 Å². The first-order valence-electron chi connectivity index (χ1n) is 4.75. The minimum atomic E-state index is 0.0849. The molecular formula is C11H18N2O. The Hall–Kier alpha value is -1.09. The van der Waals surface area contributed by atoms with Crippen molar-refractivity contribution in [3.8, 4) is 5.75 Å². The predicted octanol–water partition coefficient (Wildman–Crippen LogP) is 1.63. The van der Waals surface area contributed by atoms with Gasteiger partial charge in [0.1, 0.15) is 5.75 Å². The number of pyridine rings is 1. The van der Waals surface area contributed by atoms with E-state index in [0.717, 1.165) is 17.9 Å². The van der Waals surface area contributed by atoms with Crippen molar-refractivity contribution in [1.82, 2.24) is 10.3 Å². The monoisotopic (exact) mass is 194 g/mol. The normalized spacial score (nSPS) is 11.4. The Morgan fingerprint density at radius 3 is 2.57 bits per heavy atom. The fraction of sp³-hybridized carbons (Fsp3) is 0.545. The molecule has 0 unspecified atom stereocenters. The van der Waals surface area contributed by atoms with Crippen LogP contribution in [-0.2, 0) is 6.42 Å². The van der Waals surface area contributed by atoms with Crippen molar-refractivity contribution >= 4 is 0 Å². The minimum Gasteiger partial charge on any atom is -0.495 e. The van der Waals surface area contributed by atoms with Crippen molar-refractivity contribution in [3.63, 3.8) is 0 Å². The van der Waals surface area contributed by atoms with Gasteiger partial charge in [-0.25, -0.2) is 0 Å². The van der Waals surface area contributed by atoms with Gasteiger partial charge in [0.15, 0.2) is 0 Å². The van der Waals surface area contributed by atoms with E-state index in [-0.39, 0.29) is 5.54 Å². The molecule has 1 N–H and O–H groups in total. The second-order valence-corrected chi connectivity index (χ2v) is 4.00. The van der Waals surface area contributed by atoms with Gasteiger partial charge in [-0.15, -0.1) is 0 Å². The lowest BCUT2D eigenvalue weighted by molar-refractivity contribution is 0.406. The van der Waals surface area contributed by atoms with E-state index in [4.69, 9.17) is 4.74 Å². The molecule has 3 nitrogen and oxygen atoms in total. The number of nitrogens with one attached hydrogen (secondary N) is 1. The van der Waals surface area contributed by atoms with E-state index < -0.39 is 0 Å². The molecule has 0 bridgehead atoms. The zero-order valence-electron chi connectivity index (χ0n) is 9.29. The van der Waals surface area contributed by atoms with E-state index in [1.807, 2.05) is 19.2 Å². The molecule has 0 fully saturated rings. The fourth-order valence-corrected chi connectivity index (χ4v) is 1.18. The minimum absolute atomic E-state index is 0.0849. The maximum atomic E-state index is 5.05. The number of likely N-dealkylation sites (N-methyl/N-ethyl adjacent to an activating group) is 1. The molecule has 0 amide bonds. The average molecular weight is 194 g/mol. The molecule has 0 saturated carbocycles. The smallest absolute Gasteiger partial charge is 0.137 e. The van der Waals surface area contributed by atoms with Gasteiger partial charge in [-0.3, -0.25) is 4.98 Å². The molecule has 1 heterocycles. The third-order valence-corrected chi connectivity index (χ3v) is 2.33. The average Bonchev–Trinajstić information content (AvgIpc) is 2.19. The van der Waals surface area contributed by atoms with E-state index in [9.17, 15) is 0 Å². The summed E-state index contributed by atoms with van der Waals surface area (Å²) in [6, 6.07) is 3.94. The lowest BCUT2D eigenvalue weighted by Gasteiger charge is -2.23. The van der Waals surface area contributed by atoms with Crippen LogP contribution in [0.15, 0.2) is 18.3 Å². The first-order chi connectivity index (χ1) is 6.57. The maximum absolute atomic E-state index is 5.05. The highest BCUT2D eigenvalue weighted by molar-refractivity contribution is 5.20. The van der Waals surface area contributed by atoms with Gasteiger partial charge < -0.3 is 10.1 Å². The second-order valence-electron chi connectivity index (χ2n) is 4.00. The van der Waals surface area contributed by atoms with Crippen LogP contribution in [0.2, 0.25) is 0 Å². The summed E-state index contributed by atoms with van der Waals surface area (Å²) in [5.41, 5.74) is 1.16. The van der Waals surface area contributed by atoms with Crippen molar-refractivity contribution in [1.29, 1.82) is 0 Å². The number of methoxy groups -OCH3 is 1. The van der Waals surface area contributed by atoms with E-state index in [1.165, 1.54) is 0 Å². The SMILES string of the molecule is CNC(C)(C)Cc1ccc(OC)cn1. The highest BCUT2D eigenvalue weighted by Crippen LogP contribution is 2.13. The molecule has 0 atom stereocenters. The molecule has 78 valence electrons. The lowest BCUT2D eigenvalue weighted by atomic mass is 9.98. The van der Waals surface area contributed by atoms with Gasteiger partial charge in [0.25, 0.3) is 0 Å².